The third-order valence-corrected chi connectivity index (χ3v) is 3.78. The summed E-state index contributed by atoms with van der Waals surface area (Å²) in [5, 5.41) is 4.41. The number of aromatic nitrogens is 2. The van der Waals surface area contributed by atoms with E-state index in [9.17, 15) is 0 Å². The first kappa shape index (κ1) is 8.44. The van der Waals surface area contributed by atoms with Crippen LogP contribution in [0.3, 0.4) is 0 Å². The predicted octanol–water partition coefficient (Wildman–Crippen LogP) is 0.725. The van der Waals surface area contributed by atoms with Gasteiger partial charge >= 0.3 is 0 Å². The lowest BCUT2D eigenvalue weighted by Crippen LogP contribution is -2.30. The second-order valence-corrected chi connectivity index (χ2v) is 4.73. The molecule has 1 spiro atoms. The van der Waals surface area contributed by atoms with E-state index in [1.54, 1.807) is 0 Å². The molecule has 0 aromatic carbocycles. The van der Waals surface area contributed by atoms with Crippen LogP contribution in [0.25, 0.3) is 0 Å². The predicted molar refractivity (Wildman–Crippen MR) is 53.0 cm³/mol. The molecule has 0 aliphatic heterocycles. The van der Waals surface area contributed by atoms with Crippen molar-refractivity contribution in [2.24, 2.45) is 24.2 Å². The number of rotatable bonds is 3. The van der Waals surface area contributed by atoms with Crippen LogP contribution >= 0.6 is 0 Å². The lowest BCUT2D eigenvalue weighted by atomic mass is 10.1. The van der Waals surface area contributed by atoms with Crippen molar-refractivity contribution in [2.45, 2.75) is 25.3 Å². The van der Waals surface area contributed by atoms with Crippen molar-refractivity contribution < 1.29 is 0 Å². The average Bonchev–Trinajstić information content (AvgIpc) is 3.04. The zero-order valence-electron chi connectivity index (χ0n) is 8.40. The summed E-state index contributed by atoms with van der Waals surface area (Å²) in [6, 6.07) is 2.32. The smallest absolute Gasteiger partial charge is 0.0810 e. The van der Waals surface area contributed by atoms with Crippen molar-refractivity contribution in [3.63, 3.8) is 0 Å². The Bertz CT molecular complexity index is 353. The van der Waals surface area contributed by atoms with Gasteiger partial charge in [-0.05, 0) is 36.7 Å². The van der Waals surface area contributed by atoms with E-state index in [4.69, 9.17) is 5.84 Å². The molecule has 4 heteroatoms. The second kappa shape index (κ2) is 2.58. The highest BCUT2D eigenvalue weighted by Crippen LogP contribution is 2.73. The van der Waals surface area contributed by atoms with Crippen molar-refractivity contribution in [3.8, 4) is 0 Å². The van der Waals surface area contributed by atoms with Crippen LogP contribution in [0.15, 0.2) is 12.3 Å². The van der Waals surface area contributed by atoms with E-state index in [0.717, 1.165) is 11.6 Å². The van der Waals surface area contributed by atoms with Crippen molar-refractivity contribution in [3.05, 3.63) is 18.0 Å². The summed E-state index contributed by atoms with van der Waals surface area (Å²) in [5.41, 5.74) is 4.66. The fourth-order valence-corrected chi connectivity index (χ4v) is 2.59. The second-order valence-electron chi connectivity index (χ2n) is 4.73. The third kappa shape index (κ3) is 1.11. The Morgan fingerprint density at radius 1 is 1.71 bits per heavy atom. The fraction of sp³-hybridized carbons (Fsp3) is 0.700. The standard InChI is InChI=1S/C10H16N4/c1-14-5-2-8(13-14)9(12-11)7-6-10(7)3-4-10/h2,5,7,9,12H,3-4,6,11H2,1H3. The Hall–Kier alpha value is -0.870. The maximum atomic E-state index is 5.60. The van der Waals surface area contributed by atoms with Gasteiger partial charge in [-0.3, -0.25) is 16.0 Å². The van der Waals surface area contributed by atoms with E-state index in [0.29, 0.717) is 5.41 Å². The van der Waals surface area contributed by atoms with Crippen LogP contribution in [0.4, 0.5) is 0 Å². The normalized spacial score (nSPS) is 29.1. The van der Waals surface area contributed by atoms with Gasteiger partial charge < -0.3 is 0 Å². The molecular weight excluding hydrogens is 176 g/mol. The van der Waals surface area contributed by atoms with Crippen LogP contribution in [0.2, 0.25) is 0 Å². The Labute approximate surface area is 83.4 Å². The van der Waals surface area contributed by atoms with E-state index in [-0.39, 0.29) is 6.04 Å². The molecule has 76 valence electrons. The number of aryl methyl sites for hydroxylation is 1. The van der Waals surface area contributed by atoms with Crippen LogP contribution in [0.5, 0.6) is 0 Å². The topological polar surface area (TPSA) is 55.9 Å². The van der Waals surface area contributed by atoms with Gasteiger partial charge in [0.2, 0.25) is 0 Å². The van der Waals surface area contributed by atoms with E-state index in [2.05, 4.69) is 16.6 Å². The van der Waals surface area contributed by atoms with Crippen molar-refractivity contribution in [2.75, 3.05) is 0 Å². The van der Waals surface area contributed by atoms with Crippen molar-refractivity contribution in [1.82, 2.24) is 15.2 Å². The van der Waals surface area contributed by atoms with Gasteiger partial charge in [0.05, 0.1) is 11.7 Å². The Kier molecular flexibility index (Phi) is 1.56. The minimum atomic E-state index is 0.263. The van der Waals surface area contributed by atoms with Gasteiger partial charge in [-0.2, -0.15) is 5.10 Å². The fourth-order valence-electron chi connectivity index (χ4n) is 2.59. The number of nitrogens with two attached hydrogens (primary N) is 1. The van der Waals surface area contributed by atoms with Crippen LogP contribution in [0.1, 0.15) is 31.0 Å². The molecule has 2 aliphatic carbocycles. The highest BCUT2D eigenvalue weighted by Gasteiger charge is 2.65. The van der Waals surface area contributed by atoms with Crippen LogP contribution in [0, 0.1) is 11.3 Å². The molecule has 2 fully saturated rings. The van der Waals surface area contributed by atoms with Crippen molar-refractivity contribution >= 4 is 0 Å². The monoisotopic (exact) mass is 192 g/mol. The van der Waals surface area contributed by atoms with Gasteiger partial charge in [-0.1, -0.05) is 0 Å². The molecule has 0 bridgehead atoms. The average molecular weight is 192 g/mol. The first-order valence-electron chi connectivity index (χ1n) is 5.21. The molecule has 4 nitrogen and oxygen atoms in total. The molecule has 2 unspecified atom stereocenters. The zero-order valence-corrected chi connectivity index (χ0v) is 8.40. The molecule has 3 N–H and O–H groups in total. The molecular formula is C10H16N4. The summed E-state index contributed by atoms with van der Waals surface area (Å²) < 4.78 is 1.83. The zero-order chi connectivity index (χ0) is 9.76. The molecule has 2 saturated carbocycles. The SMILES string of the molecule is Cn1ccc(C(NN)C2CC23CC3)n1. The summed E-state index contributed by atoms with van der Waals surface area (Å²) in [6.45, 7) is 0. The summed E-state index contributed by atoms with van der Waals surface area (Å²) in [7, 11) is 1.94. The van der Waals surface area contributed by atoms with Gasteiger partial charge in [0.25, 0.3) is 0 Å². The van der Waals surface area contributed by atoms with Crippen LogP contribution in [-0.4, -0.2) is 9.78 Å². The number of hydrazine groups is 1. The first-order chi connectivity index (χ1) is 6.75. The Balaban J connectivity index is 1.81. The van der Waals surface area contributed by atoms with E-state index < -0.39 is 0 Å². The highest BCUT2D eigenvalue weighted by atomic mass is 15.3. The van der Waals surface area contributed by atoms with Crippen molar-refractivity contribution in [1.29, 1.82) is 0 Å². The van der Waals surface area contributed by atoms with Crippen LogP contribution in [-0.2, 0) is 7.05 Å². The first-order valence-corrected chi connectivity index (χ1v) is 5.21. The van der Waals surface area contributed by atoms with Gasteiger partial charge in [-0.15, -0.1) is 0 Å². The number of nitrogens with one attached hydrogen (secondary N) is 1. The Morgan fingerprint density at radius 3 is 2.93 bits per heavy atom. The molecule has 2 aliphatic rings. The lowest BCUT2D eigenvalue weighted by Gasteiger charge is -2.12. The minimum Gasteiger partial charge on any atom is -0.275 e. The summed E-state index contributed by atoms with van der Waals surface area (Å²) >= 11 is 0. The van der Waals surface area contributed by atoms with Crippen LogP contribution < -0.4 is 11.3 Å². The highest BCUT2D eigenvalue weighted by molar-refractivity contribution is 5.21. The Morgan fingerprint density at radius 2 is 2.50 bits per heavy atom. The molecule has 2 atom stereocenters. The number of hydrogen-bond acceptors (Lipinski definition) is 3. The summed E-state index contributed by atoms with van der Waals surface area (Å²) in [4.78, 5) is 0. The molecule has 0 saturated heterocycles. The lowest BCUT2D eigenvalue weighted by molar-refractivity contribution is 0.449. The maximum absolute atomic E-state index is 5.60. The molecule has 1 aromatic heterocycles. The molecule has 0 amide bonds. The van der Waals surface area contributed by atoms with Gasteiger partial charge in [0.15, 0.2) is 0 Å². The van der Waals surface area contributed by atoms with Gasteiger partial charge in [0, 0.05) is 13.2 Å². The quantitative estimate of drug-likeness (QED) is 0.548. The molecule has 0 radical (unpaired) electrons. The molecule has 1 aromatic rings. The molecule has 1 heterocycles. The maximum Gasteiger partial charge on any atom is 0.0810 e. The molecule has 14 heavy (non-hydrogen) atoms. The largest absolute Gasteiger partial charge is 0.275 e. The van der Waals surface area contributed by atoms with E-state index in [1.807, 2.05) is 17.9 Å². The number of hydrogen-bond donors (Lipinski definition) is 2. The van der Waals surface area contributed by atoms with E-state index in [1.165, 1.54) is 19.3 Å². The van der Waals surface area contributed by atoms with E-state index >= 15 is 0 Å². The summed E-state index contributed by atoms with van der Waals surface area (Å²) in [5.74, 6) is 6.33. The number of nitrogens with zero attached hydrogens (tertiary/aromatic N) is 2. The molecule has 3 rings (SSSR count). The van der Waals surface area contributed by atoms with Gasteiger partial charge in [0.1, 0.15) is 0 Å². The summed E-state index contributed by atoms with van der Waals surface area (Å²) in [6.07, 6.45) is 6.09. The minimum absolute atomic E-state index is 0.263. The van der Waals surface area contributed by atoms with Gasteiger partial charge in [-0.25, -0.2) is 0 Å². The third-order valence-electron chi connectivity index (χ3n) is 3.78.